The highest BCUT2D eigenvalue weighted by Crippen LogP contribution is 2.23. The van der Waals surface area contributed by atoms with E-state index in [0.29, 0.717) is 12.2 Å². The molecule has 0 saturated carbocycles. The van der Waals surface area contributed by atoms with E-state index in [1.807, 2.05) is 12.1 Å². The van der Waals surface area contributed by atoms with Crippen molar-refractivity contribution in [2.75, 3.05) is 37.6 Å². The van der Waals surface area contributed by atoms with E-state index in [2.05, 4.69) is 50.8 Å². The molecular weight excluding hydrogens is 344 g/mol. The molecule has 1 fully saturated rings. The highest BCUT2D eigenvalue weighted by atomic mass is 32.1. The quantitative estimate of drug-likeness (QED) is 0.770. The van der Waals surface area contributed by atoms with Crippen LogP contribution in [0.1, 0.15) is 48.8 Å². The third-order valence-corrected chi connectivity index (χ3v) is 5.79. The topological polar surface area (TPSA) is 48.5 Å². The molecule has 0 radical (unpaired) electrons. The molecule has 1 aliphatic heterocycles. The van der Waals surface area contributed by atoms with Gasteiger partial charge in [0.25, 0.3) is 5.91 Å². The SMILES string of the molecule is CCN(CC)[C@@H](CNC(=O)c1cc(N2CCCC2)ccn1)c1ccsc1. The lowest BCUT2D eigenvalue weighted by Crippen LogP contribution is -2.38. The Kier molecular flexibility index (Phi) is 6.63. The molecule has 0 unspecified atom stereocenters. The Balaban J connectivity index is 1.67. The van der Waals surface area contributed by atoms with Gasteiger partial charge in [-0.3, -0.25) is 14.7 Å². The first-order chi connectivity index (χ1) is 12.7. The van der Waals surface area contributed by atoms with Gasteiger partial charge in [0, 0.05) is 31.5 Å². The predicted molar refractivity (Wildman–Crippen MR) is 108 cm³/mol. The van der Waals surface area contributed by atoms with Crippen molar-refractivity contribution in [2.24, 2.45) is 0 Å². The molecule has 1 saturated heterocycles. The van der Waals surface area contributed by atoms with Crippen LogP contribution in [0, 0.1) is 0 Å². The van der Waals surface area contributed by atoms with Crippen LogP contribution in [0.3, 0.4) is 0 Å². The van der Waals surface area contributed by atoms with Crippen molar-refractivity contribution in [3.05, 3.63) is 46.4 Å². The van der Waals surface area contributed by atoms with E-state index in [1.165, 1.54) is 18.4 Å². The maximum absolute atomic E-state index is 12.7. The third kappa shape index (κ3) is 4.43. The molecule has 5 nitrogen and oxygen atoms in total. The zero-order chi connectivity index (χ0) is 18.4. The van der Waals surface area contributed by atoms with Gasteiger partial charge in [-0.15, -0.1) is 0 Å². The number of pyridine rings is 1. The van der Waals surface area contributed by atoms with Gasteiger partial charge in [0.15, 0.2) is 0 Å². The highest BCUT2D eigenvalue weighted by molar-refractivity contribution is 7.07. The largest absolute Gasteiger partial charge is 0.371 e. The third-order valence-electron chi connectivity index (χ3n) is 5.08. The van der Waals surface area contributed by atoms with E-state index in [-0.39, 0.29) is 11.9 Å². The molecule has 1 aliphatic rings. The second kappa shape index (κ2) is 9.14. The van der Waals surface area contributed by atoms with Crippen LogP contribution in [0.4, 0.5) is 5.69 Å². The number of aromatic nitrogens is 1. The summed E-state index contributed by atoms with van der Waals surface area (Å²) >= 11 is 1.70. The van der Waals surface area contributed by atoms with Crippen molar-refractivity contribution in [3.63, 3.8) is 0 Å². The predicted octanol–water partition coefficient (Wildman–Crippen LogP) is 3.56. The summed E-state index contributed by atoms with van der Waals surface area (Å²) in [5.74, 6) is -0.0987. The van der Waals surface area contributed by atoms with Gasteiger partial charge in [0.05, 0.1) is 6.04 Å². The van der Waals surface area contributed by atoms with Gasteiger partial charge in [-0.05, 0) is 60.5 Å². The molecule has 1 N–H and O–H groups in total. The number of thiophene rings is 1. The highest BCUT2D eigenvalue weighted by Gasteiger charge is 2.20. The number of carbonyl (C=O) groups is 1. The number of likely N-dealkylation sites (N-methyl/N-ethyl adjacent to an activating group) is 1. The zero-order valence-corrected chi connectivity index (χ0v) is 16.5. The van der Waals surface area contributed by atoms with Gasteiger partial charge >= 0.3 is 0 Å². The molecule has 6 heteroatoms. The monoisotopic (exact) mass is 372 g/mol. The average molecular weight is 373 g/mol. The fourth-order valence-corrected chi connectivity index (χ4v) is 4.29. The number of nitrogens with one attached hydrogen (secondary N) is 1. The number of rotatable bonds is 8. The molecule has 140 valence electrons. The summed E-state index contributed by atoms with van der Waals surface area (Å²) in [5, 5.41) is 7.36. The summed E-state index contributed by atoms with van der Waals surface area (Å²) in [6, 6.07) is 6.25. The van der Waals surface area contributed by atoms with E-state index in [9.17, 15) is 4.79 Å². The fraction of sp³-hybridized carbons (Fsp3) is 0.500. The fourth-order valence-electron chi connectivity index (χ4n) is 3.58. The Morgan fingerprint density at radius 3 is 2.73 bits per heavy atom. The minimum Gasteiger partial charge on any atom is -0.371 e. The van der Waals surface area contributed by atoms with Crippen molar-refractivity contribution in [1.29, 1.82) is 0 Å². The number of amides is 1. The number of hydrogen-bond acceptors (Lipinski definition) is 5. The standard InChI is InChI=1S/C20H28N4OS/c1-3-23(4-2)19(16-8-12-26-15-16)14-22-20(25)18-13-17(7-9-21-18)24-10-5-6-11-24/h7-9,12-13,15,19H,3-6,10-11,14H2,1-2H3,(H,22,25)/t19-/m0/s1. The average Bonchev–Trinajstić information content (AvgIpc) is 3.39. The van der Waals surface area contributed by atoms with E-state index >= 15 is 0 Å². The molecule has 2 aromatic rings. The van der Waals surface area contributed by atoms with Crippen LogP contribution in [0.5, 0.6) is 0 Å². The van der Waals surface area contributed by atoms with Gasteiger partial charge in [-0.1, -0.05) is 13.8 Å². The minimum absolute atomic E-state index is 0.0987. The first-order valence-electron chi connectivity index (χ1n) is 9.48. The van der Waals surface area contributed by atoms with E-state index in [0.717, 1.165) is 31.9 Å². The number of anilines is 1. The smallest absolute Gasteiger partial charge is 0.270 e. The lowest BCUT2D eigenvalue weighted by atomic mass is 10.1. The maximum atomic E-state index is 12.7. The van der Waals surface area contributed by atoms with Gasteiger partial charge in [-0.25, -0.2) is 0 Å². The first-order valence-corrected chi connectivity index (χ1v) is 10.4. The Bertz CT molecular complexity index is 694. The molecule has 0 bridgehead atoms. The summed E-state index contributed by atoms with van der Waals surface area (Å²) in [4.78, 5) is 21.7. The molecule has 1 atom stereocenters. The molecule has 3 rings (SSSR count). The Morgan fingerprint density at radius 2 is 2.08 bits per heavy atom. The second-order valence-electron chi connectivity index (χ2n) is 6.60. The van der Waals surface area contributed by atoms with Crippen LogP contribution < -0.4 is 10.2 Å². The molecular formula is C20H28N4OS. The lowest BCUT2D eigenvalue weighted by molar-refractivity contribution is 0.0930. The molecule has 0 aromatic carbocycles. The number of hydrogen-bond donors (Lipinski definition) is 1. The summed E-state index contributed by atoms with van der Waals surface area (Å²) in [6.07, 6.45) is 4.18. The molecule has 3 heterocycles. The van der Waals surface area contributed by atoms with E-state index < -0.39 is 0 Å². The van der Waals surface area contributed by atoms with Crippen LogP contribution in [0.15, 0.2) is 35.2 Å². The lowest BCUT2D eigenvalue weighted by Gasteiger charge is -2.29. The van der Waals surface area contributed by atoms with E-state index in [1.54, 1.807) is 17.5 Å². The van der Waals surface area contributed by atoms with Crippen molar-refractivity contribution in [3.8, 4) is 0 Å². The Morgan fingerprint density at radius 1 is 1.31 bits per heavy atom. The first kappa shape index (κ1) is 18.9. The summed E-state index contributed by atoms with van der Waals surface area (Å²) in [6.45, 7) is 8.94. The molecule has 0 spiro atoms. The zero-order valence-electron chi connectivity index (χ0n) is 15.6. The van der Waals surface area contributed by atoms with Gasteiger partial charge in [0.2, 0.25) is 0 Å². The van der Waals surface area contributed by atoms with Crippen LogP contribution in [-0.2, 0) is 0 Å². The molecule has 2 aromatic heterocycles. The number of carbonyl (C=O) groups excluding carboxylic acids is 1. The molecule has 0 aliphatic carbocycles. The Hall–Kier alpha value is -1.92. The van der Waals surface area contributed by atoms with Crippen molar-refractivity contribution >= 4 is 22.9 Å². The van der Waals surface area contributed by atoms with Crippen LogP contribution >= 0.6 is 11.3 Å². The molecule has 26 heavy (non-hydrogen) atoms. The van der Waals surface area contributed by atoms with Crippen LogP contribution in [-0.4, -0.2) is 48.5 Å². The van der Waals surface area contributed by atoms with Gasteiger partial charge in [0.1, 0.15) is 5.69 Å². The second-order valence-corrected chi connectivity index (χ2v) is 7.38. The normalized spacial score (nSPS) is 15.4. The molecule has 1 amide bonds. The summed E-state index contributed by atoms with van der Waals surface area (Å²) < 4.78 is 0. The van der Waals surface area contributed by atoms with Gasteiger partial charge < -0.3 is 10.2 Å². The Labute approximate surface area is 160 Å². The summed E-state index contributed by atoms with van der Waals surface area (Å²) in [5.41, 5.74) is 2.86. The minimum atomic E-state index is -0.0987. The summed E-state index contributed by atoms with van der Waals surface area (Å²) in [7, 11) is 0. The van der Waals surface area contributed by atoms with Crippen molar-refractivity contribution in [1.82, 2.24) is 15.2 Å². The maximum Gasteiger partial charge on any atom is 0.270 e. The van der Waals surface area contributed by atoms with E-state index in [4.69, 9.17) is 0 Å². The van der Waals surface area contributed by atoms with Gasteiger partial charge in [-0.2, -0.15) is 11.3 Å². The van der Waals surface area contributed by atoms with Crippen LogP contribution in [0.2, 0.25) is 0 Å². The van der Waals surface area contributed by atoms with Crippen LogP contribution in [0.25, 0.3) is 0 Å². The van der Waals surface area contributed by atoms with Crippen molar-refractivity contribution in [2.45, 2.75) is 32.7 Å². The van der Waals surface area contributed by atoms with Crippen molar-refractivity contribution < 1.29 is 4.79 Å². The number of nitrogens with zero attached hydrogens (tertiary/aromatic N) is 3.